The van der Waals surface area contributed by atoms with Crippen LogP contribution in [0.3, 0.4) is 0 Å². The molecule has 0 fully saturated rings. The van der Waals surface area contributed by atoms with Gasteiger partial charge in [0.15, 0.2) is 5.82 Å². The molecule has 2 aromatic carbocycles. The summed E-state index contributed by atoms with van der Waals surface area (Å²) in [5, 5.41) is 0.619. The lowest BCUT2D eigenvalue weighted by atomic mass is 10.0. The first-order valence-corrected chi connectivity index (χ1v) is 11.9. The summed E-state index contributed by atoms with van der Waals surface area (Å²) in [7, 11) is 0. The van der Waals surface area contributed by atoms with Crippen LogP contribution in [-0.4, -0.2) is 15.9 Å². The van der Waals surface area contributed by atoms with Crippen LogP contribution < -0.4 is 4.74 Å². The quantitative estimate of drug-likeness (QED) is 0.172. The van der Waals surface area contributed by atoms with Gasteiger partial charge in [-0.15, -0.1) is 0 Å². The summed E-state index contributed by atoms with van der Waals surface area (Å²) >= 11 is 6.41. The Morgan fingerprint density at radius 1 is 0.875 bits per heavy atom. The number of rotatable bonds is 11. The number of unbranched alkanes of at least 4 members (excludes halogenated alkanes) is 4. The molecule has 3 aromatic rings. The third-order valence-corrected chi connectivity index (χ3v) is 5.76. The normalized spacial score (nSPS) is 10.8. The van der Waals surface area contributed by atoms with Gasteiger partial charge in [0.05, 0.1) is 5.56 Å². The van der Waals surface area contributed by atoms with Crippen LogP contribution in [0.4, 0.5) is 0 Å². The van der Waals surface area contributed by atoms with Crippen LogP contribution in [0.1, 0.15) is 73.9 Å². The van der Waals surface area contributed by atoms with Crippen molar-refractivity contribution in [1.82, 2.24) is 9.97 Å². The Kier molecular flexibility index (Phi) is 9.24. The first-order chi connectivity index (χ1) is 15.6. The lowest BCUT2D eigenvalue weighted by Gasteiger charge is -2.08. The fourth-order valence-electron chi connectivity index (χ4n) is 3.56. The zero-order chi connectivity index (χ0) is 22.8. The Hall–Kier alpha value is -2.72. The van der Waals surface area contributed by atoms with E-state index >= 15 is 0 Å². The summed E-state index contributed by atoms with van der Waals surface area (Å²) in [5.41, 5.74) is 3.53. The van der Waals surface area contributed by atoms with Crippen molar-refractivity contribution in [2.24, 2.45) is 0 Å². The van der Waals surface area contributed by atoms with E-state index in [1.54, 1.807) is 24.3 Å². The van der Waals surface area contributed by atoms with Crippen molar-refractivity contribution in [2.45, 2.75) is 65.2 Å². The van der Waals surface area contributed by atoms with Crippen molar-refractivity contribution in [1.29, 1.82) is 0 Å². The molecule has 0 N–H and O–H groups in total. The largest absolute Gasteiger partial charge is 0.423 e. The van der Waals surface area contributed by atoms with Crippen LogP contribution in [-0.2, 0) is 12.8 Å². The zero-order valence-electron chi connectivity index (χ0n) is 18.9. The van der Waals surface area contributed by atoms with E-state index in [4.69, 9.17) is 16.3 Å². The van der Waals surface area contributed by atoms with Crippen LogP contribution in [0.2, 0.25) is 5.02 Å². The lowest BCUT2D eigenvalue weighted by Crippen LogP contribution is -2.08. The minimum absolute atomic E-state index is 0.422. The number of hydrogen-bond donors (Lipinski definition) is 0. The standard InChI is InChI=1S/C27H31ClN2O2/c1-3-5-6-7-8-10-21-11-12-23(17-25(21)28)27(31)32-24-15-13-22(14-16-24)26-29-18-20(9-4-2)19-30-26/h11-19H,3-10H2,1-2H3. The number of nitrogens with zero attached hydrogens (tertiary/aromatic N) is 2. The van der Waals surface area contributed by atoms with Crippen LogP contribution in [0.15, 0.2) is 54.9 Å². The highest BCUT2D eigenvalue weighted by Gasteiger charge is 2.12. The molecule has 0 bridgehead atoms. The minimum atomic E-state index is -0.422. The molecule has 0 aliphatic heterocycles. The molecule has 168 valence electrons. The summed E-state index contributed by atoms with van der Waals surface area (Å²) in [6.07, 6.45) is 12.8. The van der Waals surface area contributed by atoms with Crippen LogP contribution in [0.25, 0.3) is 11.4 Å². The van der Waals surface area contributed by atoms with E-state index in [2.05, 4.69) is 23.8 Å². The number of aryl methyl sites for hydroxylation is 2. The molecule has 1 heterocycles. The van der Waals surface area contributed by atoms with Crippen molar-refractivity contribution in [3.05, 3.63) is 76.6 Å². The molecule has 0 radical (unpaired) electrons. The Morgan fingerprint density at radius 2 is 1.59 bits per heavy atom. The molecular formula is C27H31ClN2O2. The molecule has 0 saturated carbocycles. The Bertz CT molecular complexity index is 1000. The van der Waals surface area contributed by atoms with E-state index in [9.17, 15) is 4.79 Å². The number of benzene rings is 2. The lowest BCUT2D eigenvalue weighted by molar-refractivity contribution is 0.0735. The van der Waals surface area contributed by atoms with Gasteiger partial charge in [0.25, 0.3) is 0 Å². The second kappa shape index (κ2) is 12.4. The smallest absolute Gasteiger partial charge is 0.343 e. The number of hydrogen-bond acceptors (Lipinski definition) is 4. The molecule has 0 saturated heterocycles. The van der Waals surface area contributed by atoms with E-state index < -0.39 is 5.97 Å². The number of carbonyl (C=O) groups is 1. The van der Waals surface area contributed by atoms with Gasteiger partial charge in [-0.2, -0.15) is 0 Å². The first kappa shape index (κ1) is 23.9. The maximum Gasteiger partial charge on any atom is 0.343 e. The molecule has 0 aliphatic rings. The monoisotopic (exact) mass is 450 g/mol. The fourth-order valence-corrected chi connectivity index (χ4v) is 3.83. The summed E-state index contributed by atoms with van der Waals surface area (Å²) in [6.45, 7) is 4.34. The Balaban J connectivity index is 1.57. The van der Waals surface area contributed by atoms with Gasteiger partial charge in [-0.05, 0) is 66.8 Å². The molecule has 0 atom stereocenters. The van der Waals surface area contributed by atoms with E-state index in [0.717, 1.165) is 42.4 Å². The molecule has 0 spiro atoms. The molecule has 1 aromatic heterocycles. The second-order valence-electron chi connectivity index (χ2n) is 8.05. The predicted molar refractivity (Wildman–Crippen MR) is 130 cm³/mol. The number of esters is 1. The maximum atomic E-state index is 12.6. The number of ether oxygens (including phenoxy) is 1. The third-order valence-electron chi connectivity index (χ3n) is 5.41. The van der Waals surface area contributed by atoms with Gasteiger partial charge in [-0.3, -0.25) is 0 Å². The summed E-state index contributed by atoms with van der Waals surface area (Å²) in [6, 6.07) is 12.6. The highest BCUT2D eigenvalue weighted by Crippen LogP contribution is 2.23. The predicted octanol–water partition coefficient (Wildman–Crippen LogP) is 7.48. The molecule has 5 heteroatoms. The van der Waals surface area contributed by atoms with Crippen molar-refractivity contribution >= 4 is 17.6 Å². The van der Waals surface area contributed by atoms with Crippen molar-refractivity contribution in [2.75, 3.05) is 0 Å². The summed E-state index contributed by atoms with van der Waals surface area (Å²) < 4.78 is 5.52. The SMILES string of the molecule is CCCCCCCc1ccc(C(=O)Oc2ccc(-c3ncc(CCC)cn3)cc2)cc1Cl. The first-order valence-electron chi connectivity index (χ1n) is 11.5. The highest BCUT2D eigenvalue weighted by atomic mass is 35.5. The van der Waals surface area contributed by atoms with Crippen LogP contribution in [0.5, 0.6) is 5.75 Å². The van der Waals surface area contributed by atoms with E-state index in [0.29, 0.717) is 22.2 Å². The molecule has 0 amide bonds. The van der Waals surface area contributed by atoms with Crippen molar-refractivity contribution in [3.63, 3.8) is 0 Å². The molecular weight excluding hydrogens is 420 g/mol. The second-order valence-corrected chi connectivity index (χ2v) is 8.46. The van der Waals surface area contributed by atoms with Crippen molar-refractivity contribution in [3.8, 4) is 17.1 Å². The highest BCUT2D eigenvalue weighted by molar-refractivity contribution is 6.31. The molecule has 0 unspecified atom stereocenters. The van der Waals surface area contributed by atoms with Crippen LogP contribution in [0, 0.1) is 0 Å². The van der Waals surface area contributed by atoms with Crippen LogP contribution >= 0.6 is 11.6 Å². The average Bonchev–Trinajstić information content (AvgIpc) is 2.81. The number of aromatic nitrogens is 2. The van der Waals surface area contributed by atoms with Gasteiger partial charge in [-0.25, -0.2) is 14.8 Å². The average molecular weight is 451 g/mol. The maximum absolute atomic E-state index is 12.6. The van der Waals surface area contributed by atoms with Gasteiger partial charge in [0, 0.05) is 23.0 Å². The fraction of sp³-hybridized carbons (Fsp3) is 0.370. The molecule has 3 rings (SSSR count). The molecule has 32 heavy (non-hydrogen) atoms. The van der Waals surface area contributed by atoms with Gasteiger partial charge in [-0.1, -0.05) is 63.6 Å². The summed E-state index contributed by atoms with van der Waals surface area (Å²) in [4.78, 5) is 21.4. The van der Waals surface area contributed by atoms with E-state index in [-0.39, 0.29) is 0 Å². The Labute approximate surface area is 196 Å². The Morgan fingerprint density at radius 3 is 2.25 bits per heavy atom. The topological polar surface area (TPSA) is 52.1 Å². The minimum Gasteiger partial charge on any atom is -0.423 e. The van der Waals surface area contributed by atoms with E-state index in [1.165, 1.54) is 25.7 Å². The number of carbonyl (C=O) groups excluding carboxylic acids is 1. The van der Waals surface area contributed by atoms with Crippen molar-refractivity contribution < 1.29 is 9.53 Å². The molecule has 0 aliphatic carbocycles. The zero-order valence-corrected chi connectivity index (χ0v) is 19.7. The third kappa shape index (κ3) is 6.89. The molecule has 4 nitrogen and oxygen atoms in total. The van der Waals surface area contributed by atoms with Gasteiger partial charge in [0.2, 0.25) is 0 Å². The number of halogens is 1. The van der Waals surface area contributed by atoms with Gasteiger partial charge < -0.3 is 4.74 Å². The van der Waals surface area contributed by atoms with Gasteiger partial charge >= 0.3 is 5.97 Å². The van der Waals surface area contributed by atoms with Gasteiger partial charge in [0.1, 0.15) is 5.75 Å². The summed E-state index contributed by atoms with van der Waals surface area (Å²) in [5.74, 6) is 0.701. The van der Waals surface area contributed by atoms with E-state index in [1.807, 2.05) is 30.6 Å².